The summed E-state index contributed by atoms with van der Waals surface area (Å²) in [7, 11) is 0. The van der Waals surface area contributed by atoms with Gasteiger partial charge in [-0.3, -0.25) is 24.0 Å². The zero-order chi connectivity index (χ0) is 20.3. The van der Waals surface area contributed by atoms with Gasteiger partial charge in [0, 0.05) is 6.92 Å². The summed E-state index contributed by atoms with van der Waals surface area (Å²) in [6.45, 7) is 7.49. The first kappa shape index (κ1) is 23.4. The normalized spacial score (nSPS) is 12.5. The Labute approximate surface area is 152 Å². The number of hydrogen-bond acceptors (Lipinski definition) is 6. The monoisotopic (exact) mass is 372 g/mol. The number of ether oxygens (including phenoxy) is 1. The third-order valence-corrected chi connectivity index (χ3v) is 3.23. The van der Waals surface area contributed by atoms with Crippen LogP contribution in [-0.4, -0.2) is 61.4 Å². The number of hydrogen-bond donors (Lipinski definition) is 4. The predicted octanol–water partition coefficient (Wildman–Crippen LogP) is -1.55. The molecule has 0 rings (SSSR count). The van der Waals surface area contributed by atoms with Gasteiger partial charge in [-0.2, -0.15) is 0 Å². The van der Waals surface area contributed by atoms with Crippen LogP contribution in [0.25, 0.3) is 0 Å². The van der Waals surface area contributed by atoms with Crippen LogP contribution in [0.15, 0.2) is 0 Å². The molecular formula is C16H28N4O6. The molecule has 0 aliphatic heterocycles. The average molecular weight is 372 g/mol. The second kappa shape index (κ2) is 11.8. The van der Waals surface area contributed by atoms with Crippen molar-refractivity contribution in [3.05, 3.63) is 0 Å². The summed E-state index contributed by atoms with van der Waals surface area (Å²) in [6.07, 6.45) is 0. The molecule has 10 nitrogen and oxygen atoms in total. The smallest absolute Gasteiger partial charge is 0.325 e. The summed E-state index contributed by atoms with van der Waals surface area (Å²) in [4.78, 5) is 58.1. The van der Waals surface area contributed by atoms with Gasteiger partial charge in [-0.25, -0.2) is 0 Å². The number of esters is 1. The third-order valence-electron chi connectivity index (χ3n) is 3.23. The van der Waals surface area contributed by atoms with Crippen molar-refractivity contribution >= 4 is 29.6 Å². The van der Waals surface area contributed by atoms with E-state index < -0.39 is 35.8 Å². The zero-order valence-electron chi connectivity index (χ0n) is 15.8. The lowest BCUT2D eigenvalue weighted by Gasteiger charge is -2.23. The molecule has 0 aromatic heterocycles. The minimum absolute atomic E-state index is 0.203. The molecule has 0 saturated carbocycles. The average Bonchev–Trinajstić information content (AvgIpc) is 2.55. The van der Waals surface area contributed by atoms with Gasteiger partial charge in [0.05, 0.1) is 13.2 Å². The Balaban J connectivity index is 4.61. The highest BCUT2D eigenvalue weighted by atomic mass is 16.5. The maximum Gasteiger partial charge on any atom is 0.325 e. The van der Waals surface area contributed by atoms with Crippen molar-refractivity contribution < 1.29 is 28.7 Å². The van der Waals surface area contributed by atoms with Crippen LogP contribution in [0, 0.1) is 5.92 Å². The van der Waals surface area contributed by atoms with E-state index in [0.717, 1.165) is 0 Å². The Morgan fingerprint density at radius 3 is 2.00 bits per heavy atom. The van der Waals surface area contributed by atoms with Gasteiger partial charge < -0.3 is 26.0 Å². The number of carbonyl (C=O) groups is 5. The van der Waals surface area contributed by atoms with E-state index in [9.17, 15) is 24.0 Å². The number of amides is 4. The van der Waals surface area contributed by atoms with E-state index in [1.165, 1.54) is 13.8 Å². The lowest BCUT2D eigenvalue weighted by atomic mass is 10.0. The van der Waals surface area contributed by atoms with Crippen LogP contribution in [0.4, 0.5) is 0 Å². The van der Waals surface area contributed by atoms with Crippen LogP contribution in [0.1, 0.15) is 34.6 Å². The van der Waals surface area contributed by atoms with Crippen LogP contribution in [0.2, 0.25) is 0 Å². The molecule has 0 bridgehead atoms. The van der Waals surface area contributed by atoms with Crippen molar-refractivity contribution in [3.63, 3.8) is 0 Å². The van der Waals surface area contributed by atoms with Crippen molar-refractivity contribution in [3.8, 4) is 0 Å². The SMILES string of the molecule is CCOC(=O)CNC(=O)[C@@H](NC(=O)[C@H](C)NC(=O)CNC(C)=O)C(C)C. The maximum absolute atomic E-state index is 12.2. The molecule has 26 heavy (non-hydrogen) atoms. The fourth-order valence-corrected chi connectivity index (χ4v) is 1.86. The van der Waals surface area contributed by atoms with E-state index in [-0.39, 0.29) is 31.5 Å². The van der Waals surface area contributed by atoms with Gasteiger partial charge in [-0.05, 0) is 19.8 Å². The fraction of sp³-hybridized carbons (Fsp3) is 0.688. The highest BCUT2D eigenvalue weighted by Gasteiger charge is 2.27. The van der Waals surface area contributed by atoms with Crippen molar-refractivity contribution in [1.29, 1.82) is 0 Å². The van der Waals surface area contributed by atoms with Gasteiger partial charge >= 0.3 is 5.97 Å². The molecule has 4 N–H and O–H groups in total. The Bertz CT molecular complexity index is 535. The van der Waals surface area contributed by atoms with E-state index in [2.05, 4.69) is 21.3 Å². The van der Waals surface area contributed by atoms with Crippen LogP contribution >= 0.6 is 0 Å². The van der Waals surface area contributed by atoms with Gasteiger partial charge in [0.25, 0.3) is 0 Å². The van der Waals surface area contributed by atoms with Crippen LogP contribution in [0.5, 0.6) is 0 Å². The van der Waals surface area contributed by atoms with Crippen molar-refractivity contribution in [2.75, 3.05) is 19.7 Å². The predicted molar refractivity (Wildman–Crippen MR) is 92.7 cm³/mol. The van der Waals surface area contributed by atoms with Crippen molar-refractivity contribution in [2.45, 2.75) is 46.7 Å². The van der Waals surface area contributed by atoms with Gasteiger partial charge in [0.15, 0.2) is 0 Å². The molecule has 4 amide bonds. The van der Waals surface area contributed by atoms with Gasteiger partial charge in [-0.1, -0.05) is 13.8 Å². The molecule has 0 heterocycles. The first-order chi connectivity index (χ1) is 12.1. The summed E-state index contributed by atoms with van der Waals surface area (Å²) in [5, 5.41) is 9.67. The van der Waals surface area contributed by atoms with Gasteiger partial charge in [0.1, 0.15) is 18.6 Å². The first-order valence-corrected chi connectivity index (χ1v) is 8.35. The molecule has 0 unspecified atom stereocenters. The Hall–Kier alpha value is -2.65. The van der Waals surface area contributed by atoms with E-state index in [0.29, 0.717) is 0 Å². The Morgan fingerprint density at radius 2 is 1.50 bits per heavy atom. The molecule has 148 valence electrons. The van der Waals surface area contributed by atoms with Crippen molar-refractivity contribution in [1.82, 2.24) is 21.3 Å². The van der Waals surface area contributed by atoms with Crippen molar-refractivity contribution in [2.24, 2.45) is 5.92 Å². The molecule has 2 atom stereocenters. The summed E-state index contributed by atoms with van der Waals surface area (Å²) >= 11 is 0. The number of rotatable bonds is 10. The summed E-state index contributed by atoms with van der Waals surface area (Å²) in [5.74, 6) is -2.81. The molecule has 0 radical (unpaired) electrons. The zero-order valence-corrected chi connectivity index (χ0v) is 15.8. The molecule has 0 saturated heterocycles. The molecule has 0 aromatic carbocycles. The van der Waals surface area contributed by atoms with Gasteiger partial charge in [0.2, 0.25) is 23.6 Å². The summed E-state index contributed by atoms with van der Waals surface area (Å²) in [5.41, 5.74) is 0. The van der Waals surface area contributed by atoms with Crippen LogP contribution in [0.3, 0.4) is 0 Å². The number of nitrogens with one attached hydrogen (secondary N) is 4. The topological polar surface area (TPSA) is 143 Å². The Kier molecular flexibility index (Phi) is 10.6. The second-order valence-electron chi connectivity index (χ2n) is 5.95. The maximum atomic E-state index is 12.2. The molecule has 0 fully saturated rings. The largest absolute Gasteiger partial charge is 0.465 e. The molecule has 0 spiro atoms. The van der Waals surface area contributed by atoms with Crippen LogP contribution in [-0.2, 0) is 28.7 Å². The quantitative estimate of drug-likeness (QED) is 0.342. The molecule has 0 aromatic rings. The minimum Gasteiger partial charge on any atom is -0.465 e. The molecule has 10 heteroatoms. The summed E-state index contributed by atoms with van der Waals surface area (Å²) in [6, 6.07) is -1.79. The third kappa shape index (κ3) is 9.60. The van der Waals surface area contributed by atoms with E-state index in [1.807, 2.05) is 0 Å². The van der Waals surface area contributed by atoms with E-state index in [1.54, 1.807) is 20.8 Å². The summed E-state index contributed by atoms with van der Waals surface area (Å²) < 4.78 is 4.72. The Morgan fingerprint density at radius 1 is 0.885 bits per heavy atom. The van der Waals surface area contributed by atoms with E-state index in [4.69, 9.17) is 4.74 Å². The highest BCUT2D eigenvalue weighted by Crippen LogP contribution is 2.02. The fourth-order valence-electron chi connectivity index (χ4n) is 1.86. The van der Waals surface area contributed by atoms with E-state index >= 15 is 0 Å². The molecule has 0 aliphatic carbocycles. The second-order valence-corrected chi connectivity index (χ2v) is 5.95. The lowest BCUT2D eigenvalue weighted by Crippen LogP contribution is -2.55. The lowest BCUT2D eigenvalue weighted by molar-refractivity contribution is -0.143. The minimum atomic E-state index is -0.907. The molecular weight excluding hydrogens is 344 g/mol. The number of carbonyl (C=O) groups excluding carboxylic acids is 5. The molecule has 0 aliphatic rings. The standard InChI is InChI=1S/C16H28N4O6/c1-6-26-13(23)8-18-16(25)14(9(2)3)20-15(24)10(4)19-12(22)7-17-11(5)21/h9-10,14H,6-8H2,1-5H3,(H,17,21)(H,18,25)(H,19,22)(H,20,24)/t10-,14-/m0/s1. The van der Waals surface area contributed by atoms with Gasteiger partial charge in [-0.15, -0.1) is 0 Å². The van der Waals surface area contributed by atoms with Crippen LogP contribution < -0.4 is 21.3 Å². The highest BCUT2D eigenvalue weighted by molar-refractivity contribution is 5.93. The first-order valence-electron chi connectivity index (χ1n) is 8.35.